The number of nitrogens with one attached hydrogen (secondary N) is 1. The van der Waals surface area contributed by atoms with Gasteiger partial charge >= 0.3 is 0 Å². The molecule has 3 rings (SSSR count). The van der Waals surface area contributed by atoms with E-state index < -0.39 is 0 Å². The molecule has 1 saturated heterocycles. The molecular weight excluding hydrogens is 264 g/mol. The lowest BCUT2D eigenvalue weighted by molar-refractivity contribution is 0.0794. The Bertz CT molecular complexity index is 606. The SMILES string of the molecule is Cc1nc([C@H]2CCN(C(=O)c3snnc3C)C2)n[nH]1. The first-order chi connectivity index (χ1) is 9.15. The third-order valence-corrected chi connectivity index (χ3v) is 4.12. The van der Waals surface area contributed by atoms with Gasteiger partial charge in [-0.2, -0.15) is 5.10 Å². The van der Waals surface area contributed by atoms with Crippen LogP contribution in [0.1, 0.15) is 39.4 Å². The summed E-state index contributed by atoms with van der Waals surface area (Å²) in [7, 11) is 0. The molecule has 1 atom stereocenters. The zero-order valence-electron chi connectivity index (χ0n) is 10.8. The van der Waals surface area contributed by atoms with Gasteiger partial charge in [0.15, 0.2) is 5.82 Å². The van der Waals surface area contributed by atoms with Gasteiger partial charge in [0.1, 0.15) is 10.7 Å². The molecule has 1 fully saturated rings. The largest absolute Gasteiger partial charge is 0.337 e. The van der Waals surface area contributed by atoms with Gasteiger partial charge in [0.05, 0.1) is 5.69 Å². The fourth-order valence-corrected chi connectivity index (χ4v) is 2.89. The second-order valence-corrected chi connectivity index (χ2v) is 5.46. The Kier molecular flexibility index (Phi) is 3.02. The molecule has 0 spiro atoms. The van der Waals surface area contributed by atoms with Crippen LogP contribution in [-0.2, 0) is 0 Å². The Labute approximate surface area is 114 Å². The van der Waals surface area contributed by atoms with Crippen LogP contribution in [0, 0.1) is 13.8 Å². The Hall–Kier alpha value is -1.83. The summed E-state index contributed by atoms with van der Waals surface area (Å²) >= 11 is 1.16. The van der Waals surface area contributed by atoms with E-state index in [2.05, 4.69) is 24.8 Å². The highest BCUT2D eigenvalue weighted by Gasteiger charge is 2.31. The Morgan fingerprint density at radius 1 is 1.47 bits per heavy atom. The molecule has 0 radical (unpaired) electrons. The van der Waals surface area contributed by atoms with Crippen LogP contribution in [0.15, 0.2) is 0 Å². The van der Waals surface area contributed by atoms with Gasteiger partial charge in [0.25, 0.3) is 5.91 Å². The van der Waals surface area contributed by atoms with Gasteiger partial charge < -0.3 is 4.90 Å². The zero-order chi connectivity index (χ0) is 13.4. The molecule has 1 amide bonds. The van der Waals surface area contributed by atoms with E-state index in [1.807, 2.05) is 18.7 Å². The van der Waals surface area contributed by atoms with Gasteiger partial charge in [0, 0.05) is 19.0 Å². The predicted molar refractivity (Wildman–Crippen MR) is 69.0 cm³/mol. The fourth-order valence-electron chi connectivity index (χ4n) is 2.27. The molecule has 2 aromatic heterocycles. The van der Waals surface area contributed by atoms with Crippen molar-refractivity contribution in [3.63, 3.8) is 0 Å². The topological polar surface area (TPSA) is 87.7 Å². The van der Waals surface area contributed by atoms with Crippen molar-refractivity contribution >= 4 is 17.4 Å². The van der Waals surface area contributed by atoms with E-state index in [-0.39, 0.29) is 11.8 Å². The van der Waals surface area contributed by atoms with Gasteiger partial charge in [0.2, 0.25) is 0 Å². The summed E-state index contributed by atoms with van der Waals surface area (Å²) in [6.07, 6.45) is 0.897. The van der Waals surface area contributed by atoms with E-state index >= 15 is 0 Å². The minimum atomic E-state index is 0.0160. The third-order valence-electron chi connectivity index (χ3n) is 3.30. The molecular formula is C11H14N6OS. The maximum atomic E-state index is 12.3. The van der Waals surface area contributed by atoms with Gasteiger partial charge in [-0.3, -0.25) is 9.89 Å². The summed E-state index contributed by atoms with van der Waals surface area (Å²) in [6, 6.07) is 0. The fraction of sp³-hybridized carbons (Fsp3) is 0.545. The normalized spacial score (nSPS) is 19.1. The van der Waals surface area contributed by atoms with E-state index in [9.17, 15) is 4.79 Å². The number of carbonyl (C=O) groups excluding carboxylic acids is 1. The van der Waals surface area contributed by atoms with Crippen LogP contribution in [0.4, 0.5) is 0 Å². The summed E-state index contributed by atoms with van der Waals surface area (Å²) in [4.78, 5) is 19.1. The Balaban J connectivity index is 1.72. The maximum Gasteiger partial charge on any atom is 0.267 e. The number of carbonyl (C=O) groups is 1. The van der Waals surface area contributed by atoms with Gasteiger partial charge in [-0.15, -0.1) is 5.10 Å². The average Bonchev–Trinajstić information content (AvgIpc) is 3.07. The number of aryl methyl sites for hydroxylation is 2. The van der Waals surface area contributed by atoms with E-state index in [0.717, 1.165) is 36.1 Å². The lowest BCUT2D eigenvalue weighted by atomic mass is 10.1. The average molecular weight is 278 g/mol. The quantitative estimate of drug-likeness (QED) is 0.882. The second-order valence-electron chi connectivity index (χ2n) is 4.70. The Morgan fingerprint density at radius 3 is 2.95 bits per heavy atom. The van der Waals surface area contributed by atoms with Gasteiger partial charge in [-0.1, -0.05) is 4.49 Å². The van der Waals surface area contributed by atoms with Crippen molar-refractivity contribution in [3.05, 3.63) is 22.2 Å². The molecule has 0 saturated carbocycles. The first-order valence-electron chi connectivity index (χ1n) is 6.12. The summed E-state index contributed by atoms with van der Waals surface area (Å²) in [5, 5.41) is 10.9. The monoisotopic (exact) mass is 278 g/mol. The summed E-state index contributed by atoms with van der Waals surface area (Å²) in [5.41, 5.74) is 0.701. The van der Waals surface area contributed by atoms with Crippen LogP contribution < -0.4 is 0 Å². The molecule has 2 aromatic rings. The summed E-state index contributed by atoms with van der Waals surface area (Å²) in [5.74, 6) is 1.84. The van der Waals surface area contributed by atoms with Gasteiger partial charge in [-0.05, 0) is 31.8 Å². The zero-order valence-corrected chi connectivity index (χ0v) is 11.6. The van der Waals surface area contributed by atoms with Crippen molar-refractivity contribution in [1.82, 2.24) is 29.7 Å². The molecule has 100 valence electrons. The number of aromatic nitrogens is 5. The molecule has 7 nitrogen and oxygen atoms in total. The van der Waals surface area contributed by atoms with E-state index in [1.54, 1.807) is 0 Å². The van der Waals surface area contributed by atoms with E-state index in [4.69, 9.17) is 0 Å². The standard InChI is InChI=1S/C11H14N6OS/c1-6-9(19-16-13-6)11(18)17-4-3-8(5-17)10-12-7(2)14-15-10/h8H,3-5H2,1-2H3,(H,12,14,15)/t8-/m0/s1. The van der Waals surface area contributed by atoms with Crippen molar-refractivity contribution in [2.24, 2.45) is 0 Å². The molecule has 1 aliphatic heterocycles. The van der Waals surface area contributed by atoms with Crippen molar-refractivity contribution < 1.29 is 4.79 Å². The number of amides is 1. The number of H-pyrrole nitrogens is 1. The van der Waals surface area contributed by atoms with Crippen LogP contribution in [-0.4, -0.2) is 48.7 Å². The summed E-state index contributed by atoms with van der Waals surface area (Å²) < 4.78 is 3.81. The molecule has 0 bridgehead atoms. The van der Waals surface area contributed by atoms with Crippen LogP contribution in [0.25, 0.3) is 0 Å². The van der Waals surface area contributed by atoms with Crippen LogP contribution >= 0.6 is 11.5 Å². The molecule has 1 N–H and O–H groups in total. The molecule has 19 heavy (non-hydrogen) atoms. The smallest absolute Gasteiger partial charge is 0.267 e. The molecule has 8 heteroatoms. The predicted octanol–water partition coefficient (Wildman–Crippen LogP) is 0.903. The van der Waals surface area contributed by atoms with E-state index in [1.165, 1.54) is 0 Å². The highest BCUT2D eigenvalue weighted by molar-refractivity contribution is 7.07. The minimum Gasteiger partial charge on any atom is -0.337 e. The van der Waals surface area contributed by atoms with Crippen molar-refractivity contribution in [3.8, 4) is 0 Å². The highest BCUT2D eigenvalue weighted by Crippen LogP contribution is 2.26. The molecule has 1 aliphatic rings. The molecule has 0 aromatic carbocycles. The lowest BCUT2D eigenvalue weighted by Gasteiger charge is -2.14. The van der Waals surface area contributed by atoms with E-state index in [0.29, 0.717) is 17.1 Å². The number of hydrogen-bond acceptors (Lipinski definition) is 6. The van der Waals surface area contributed by atoms with Crippen molar-refractivity contribution in [1.29, 1.82) is 0 Å². The number of hydrogen-bond donors (Lipinski definition) is 1. The van der Waals surface area contributed by atoms with Gasteiger partial charge in [-0.25, -0.2) is 4.98 Å². The van der Waals surface area contributed by atoms with Crippen LogP contribution in [0.2, 0.25) is 0 Å². The molecule has 0 unspecified atom stereocenters. The Morgan fingerprint density at radius 2 is 2.32 bits per heavy atom. The van der Waals surface area contributed by atoms with Crippen LogP contribution in [0.3, 0.4) is 0 Å². The number of nitrogens with zero attached hydrogens (tertiary/aromatic N) is 5. The number of likely N-dealkylation sites (tertiary alicyclic amines) is 1. The van der Waals surface area contributed by atoms with Crippen LogP contribution in [0.5, 0.6) is 0 Å². The second kappa shape index (κ2) is 4.69. The minimum absolute atomic E-state index is 0.0160. The number of aromatic amines is 1. The maximum absolute atomic E-state index is 12.3. The first kappa shape index (κ1) is 12.2. The highest BCUT2D eigenvalue weighted by atomic mass is 32.1. The van der Waals surface area contributed by atoms with Crippen molar-refractivity contribution in [2.75, 3.05) is 13.1 Å². The third kappa shape index (κ3) is 2.23. The lowest BCUT2D eigenvalue weighted by Crippen LogP contribution is -2.28. The molecule has 3 heterocycles. The van der Waals surface area contributed by atoms with Crippen molar-refractivity contribution in [2.45, 2.75) is 26.2 Å². The number of rotatable bonds is 2. The summed E-state index contributed by atoms with van der Waals surface area (Å²) in [6.45, 7) is 5.07. The first-order valence-corrected chi connectivity index (χ1v) is 6.89. The molecule has 0 aliphatic carbocycles.